The van der Waals surface area contributed by atoms with Gasteiger partial charge in [0.15, 0.2) is 11.5 Å². The Hall–Kier alpha value is -1.40. The van der Waals surface area contributed by atoms with Crippen molar-refractivity contribution in [2.24, 2.45) is 0 Å². The fourth-order valence-electron chi connectivity index (χ4n) is 1.84. The van der Waals surface area contributed by atoms with Crippen LogP contribution in [0.3, 0.4) is 0 Å². The average Bonchev–Trinajstić information content (AvgIpc) is 2.64. The Morgan fingerprint density at radius 3 is 2.84 bits per heavy atom. The van der Waals surface area contributed by atoms with E-state index in [4.69, 9.17) is 14.6 Å². The van der Waals surface area contributed by atoms with E-state index < -0.39 is 12.5 Å². The van der Waals surface area contributed by atoms with Crippen LogP contribution in [0.25, 0.3) is 0 Å². The van der Waals surface area contributed by atoms with Gasteiger partial charge >= 0.3 is 0 Å². The summed E-state index contributed by atoms with van der Waals surface area (Å²) in [5, 5.41) is 11.8. The zero-order chi connectivity index (χ0) is 13.7. The topological polar surface area (TPSA) is 50.7 Å². The van der Waals surface area contributed by atoms with Crippen molar-refractivity contribution in [3.63, 3.8) is 0 Å². The molecule has 0 amide bonds. The van der Waals surface area contributed by atoms with E-state index in [1.807, 2.05) is 18.2 Å². The van der Waals surface area contributed by atoms with Crippen LogP contribution in [0.4, 0.5) is 8.78 Å². The molecule has 106 valence electrons. The molecule has 1 aliphatic heterocycles. The smallest absolute Gasteiger partial charge is 0.265 e. The molecule has 0 saturated carbocycles. The largest absolute Gasteiger partial charge is 0.490 e. The Kier molecular flexibility index (Phi) is 4.93. The minimum atomic E-state index is -2.74. The normalized spacial score (nSPS) is 16.2. The highest BCUT2D eigenvalue weighted by Gasteiger charge is 2.17. The van der Waals surface area contributed by atoms with Crippen molar-refractivity contribution < 1.29 is 23.4 Å². The van der Waals surface area contributed by atoms with Crippen molar-refractivity contribution in [1.29, 1.82) is 0 Å². The lowest BCUT2D eigenvalue weighted by Gasteiger charge is -2.14. The number of halogens is 2. The lowest BCUT2D eigenvalue weighted by molar-refractivity contribution is -0.00342. The number of benzene rings is 1. The number of fused-ring (bicyclic) bond motifs is 1. The highest BCUT2D eigenvalue weighted by Crippen LogP contribution is 2.33. The summed E-state index contributed by atoms with van der Waals surface area (Å²) in [6.45, 7) is 1.36. The van der Waals surface area contributed by atoms with Gasteiger partial charge in [-0.1, -0.05) is 12.1 Å². The molecule has 0 spiro atoms. The van der Waals surface area contributed by atoms with Crippen molar-refractivity contribution in [3.8, 4) is 11.5 Å². The first-order valence-corrected chi connectivity index (χ1v) is 6.23. The number of aliphatic hydroxyl groups is 1. The third-order valence-corrected chi connectivity index (χ3v) is 2.81. The lowest BCUT2D eigenvalue weighted by atomic mass is 10.2. The van der Waals surface area contributed by atoms with Crippen molar-refractivity contribution in [1.82, 2.24) is 5.32 Å². The van der Waals surface area contributed by atoms with Crippen molar-refractivity contribution >= 4 is 0 Å². The van der Waals surface area contributed by atoms with E-state index in [1.165, 1.54) is 0 Å². The molecule has 0 saturated heterocycles. The van der Waals surface area contributed by atoms with Gasteiger partial charge in [-0.3, -0.25) is 0 Å². The first kappa shape index (κ1) is 14.0. The Bertz CT molecular complexity index is 415. The molecule has 1 aromatic rings. The maximum Gasteiger partial charge on any atom is 0.265 e. The summed E-state index contributed by atoms with van der Waals surface area (Å²) in [6, 6.07) is 5.49. The molecule has 19 heavy (non-hydrogen) atoms. The quantitative estimate of drug-likeness (QED) is 0.855. The van der Waals surface area contributed by atoms with E-state index >= 15 is 0 Å². The maximum atomic E-state index is 12.1. The summed E-state index contributed by atoms with van der Waals surface area (Å²) in [5.74, 6) is 1.32. The van der Waals surface area contributed by atoms with Gasteiger partial charge in [-0.05, 0) is 6.07 Å². The van der Waals surface area contributed by atoms with Gasteiger partial charge in [0.1, 0.15) is 6.10 Å². The zero-order valence-electron chi connectivity index (χ0n) is 10.4. The molecule has 1 aromatic carbocycles. The molecule has 0 aromatic heterocycles. The minimum Gasteiger partial charge on any atom is -0.490 e. The van der Waals surface area contributed by atoms with Crippen LogP contribution in [0.5, 0.6) is 11.5 Å². The molecule has 0 radical (unpaired) electrons. The fraction of sp³-hybridized carbons (Fsp3) is 0.538. The van der Waals surface area contributed by atoms with Gasteiger partial charge in [0.25, 0.3) is 6.43 Å². The molecule has 1 atom stereocenters. The highest BCUT2D eigenvalue weighted by molar-refractivity contribution is 5.47. The van der Waals surface area contributed by atoms with Crippen LogP contribution in [0.15, 0.2) is 18.2 Å². The number of hydrogen-bond acceptors (Lipinski definition) is 4. The minimum absolute atomic E-state index is 0.164. The second-order valence-corrected chi connectivity index (χ2v) is 4.33. The van der Waals surface area contributed by atoms with Gasteiger partial charge in [0.05, 0.1) is 13.2 Å². The second-order valence-electron chi connectivity index (χ2n) is 4.33. The van der Waals surface area contributed by atoms with Crippen LogP contribution < -0.4 is 14.8 Å². The van der Waals surface area contributed by atoms with Crippen LogP contribution in [-0.2, 0) is 6.54 Å². The average molecular weight is 273 g/mol. The summed E-state index contributed by atoms with van der Waals surface area (Å²) in [6.07, 6.45) is -3.58. The Morgan fingerprint density at radius 2 is 2.05 bits per heavy atom. The summed E-state index contributed by atoms with van der Waals surface area (Å²) in [4.78, 5) is 0. The predicted molar refractivity (Wildman–Crippen MR) is 65.8 cm³/mol. The molecule has 2 rings (SSSR count). The Labute approximate surface area is 110 Å². The molecule has 1 aliphatic rings. The highest BCUT2D eigenvalue weighted by atomic mass is 19.3. The van der Waals surface area contributed by atoms with Crippen molar-refractivity contribution in [2.45, 2.75) is 25.5 Å². The summed E-state index contributed by atoms with van der Waals surface area (Å²) < 4.78 is 35.4. The number of para-hydroxylation sites is 1. The molecular weight excluding hydrogens is 256 g/mol. The van der Waals surface area contributed by atoms with Crippen molar-refractivity contribution in [2.75, 3.05) is 19.8 Å². The first-order valence-electron chi connectivity index (χ1n) is 6.23. The monoisotopic (exact) mass is 273 g/mol. The van der Waals surface area contributed by atoms with Crippen LogP contribution >= 0.6 is 0 Å². The second kappa shape index (κ2) is 6.68. The van der Waals surface area contributed by atoms with E-state index in [-0.39, 0.29) is 6.54 Å². The van der Waals surface area contributed by atoms with Gasteiger partial charge in [-0.25, -0.2) is 8.78 Å². The molecule has 4 nitrogen and oxygen atoms in total. The van der Waals surface area contributed by atoms with Crippen molar-refractivity contribution in [3.05, 3.63) is 23.8 Å². The van der Waals surface area contributed by atoms with Gasteiger partial charge in [-0.15, -0.1) is 0 Å². The van der Waals surface area contributed by atoms with E-state index in [1.54, 1.807) is 0 Å². The molecular formula is C13H17F2NO3. The van der Waals surface area contributed by atoms with Gasteiger partial charge < -0.3 is 19.9 Å². The number of ether oxygens (including phenoxy) is 2. The first-order chi connectivity index (χ1) is 9.18. The van der Waals surface area contributed by atoms with E-state index in [2.05, 4.69) is 5.32 Å². The molecule has 0 bridgehead atoms. The zero-order valence-corrected chi connectivity index (χ0v) is 10.4. The van der Waals surface area contributed by atoms with E-state index in [9.17, 15) is 8.78 Å². The number of rotatable bonds is 5. The SMILES string of the molecule is OC(CNCc1cccc2c1OCCCO2)C(F)F. The number of hydrogen-bond donors (Lipinski definition) is 2. The number of aliphatic hydroxyl groups excluding tert-OH is 1. The molecule has 2 N–H and O–H groups in total. The van der Waals surface area contributed by atoms with Gasteiger partial charge in [0.2, 0.25) is 0 Å². The number of alkyl halides is 2. The molecule has 1 unspecified atom stereocenters. The predicted octanol–water partition coefficient (Wildman–Crippen LogP) is 1.56. The summed E-state index contributed by atoms with van der Waals surface area (Å²) in [7, 11) is 0. The third-order valence-electron chi connectivity index (χ3n) is 2.81. The molecule has 0 fully saturated rings. The molecule has 0 aliphatic carbocycles. The third kappa shape index (κ3) is 3.78. The number of nitrogens with one attached hydrogen (secondary N) is 1. The lowest BCUT2D eigenvalue weighted by Crippen LogP contribution is -2.31. The van der Waals surface area contributed by atoms with Crippen LogP contribution in [0.2, 0.25) is 0 Å². The Morgan fingerprint density at radius 1 is 1.26 bits per heavy atom. The van der Waals surface area contributed by atoms with Crippen LogP contribution in [0, 0.1) is 0 Å². The summed E-state index contributed by atoms with van der Waals surface area (Å²) >= 11 is 0. The van der Waals surface area contributed by atoms with Gasteiger partial charge in [-0.2, -0.15) is 0 Å². The Balaban J connectivity index is 1.97. The van der Waals surface area contributed by atoms with E-state index in [0.717, 1.165) is 12.0 Å². The van der Waals surface area contributed by atoms with Crippen LogP contribution in [0.1, 0.15) is 12.0 Å². The molecule has 6 heteroatoms. The van der Waals surface area contributed by atoms with Crippen LogP contribution in [-0.4, -0.2) is 37.4 Å². The summed E-state index contributed by atoms with van der Waals surface area (Å²) in [5.41, 5.74) is 0.834. The van der Waals surface area contributed by atoms with E-state index in [0.29, 0.717) is 31.3 Å². The molecule has 1 heterocycles. The maximum absolute atomic E-state index is 12.1. The fourth-order valence-corrected chi connectivity index (χ4v) is 1.84. The van der Waals surface area contributed by atoms with Gasteiger partial charge in [0, 0.05) is 25.1 Å². The standard InChI is InChI=1S/C13H17F2NO3/c14-13(15)10(17)8-16-7-9-3-1-4-11-12(9)19-6-2-5-18-11/h1,3-4,10,13,16-17H,2,5-8H2.